The topological polar surface area (TPSA) is 23.6 Å². The van der Waals surface area contributed by atoms with Gasteiger partial charge in [-0.15, -0.1) is 0 Å². The summed E-state index contributed by atoms with van der Waals surface area (Å²) in [5.74, 6) is 0. The van der Waals surface area contributed by atoms with Crippen LogP contribution in [-0.2, 0) is 11.3 Å². The van der Waals surface area contributed by atoms with Crippen molar-refractivity contribution in [2.45, 2.75) is 6.54 Å². The predicted octanol–water partition coefficient (Wildman–Crippen LogP) is 2.21. The first-order chi connectivity index (χ1) is 8.29. The Hall–Kier alpha value is -1.87. The van der Waals surface area contributed by atoms with E-state index < -0.39 is 0 Å². The van der Waals surface area contributed by atoms with E-state index in [4.69, 9.17) is 0 Å². The molecule has 0 atom stereocenters. The second kappa shape index (κ2) is 3.86. The van der Waals surface area contributed by atoms with Gasteiger partial charge >= 0.3 is 0 Å². The normalized spacial score (nSPS) is 15.9. The van der Waals surface area contributed by atoms with E-state index in [0.717, 1.165) is 18.6 Å². The lowest BCUT2D eigenvalue weighted by Crippen LogP contribution is -2.39. The van der Waals surface area contributed by atoms with Crippen molar-refractivity contribution in [2.75, 3.05) is 18.6 Å². The number of amides is 1. The maximum absolute atomic E-state index is 11.1. The molecule has 0 saturated carbocycles. The molecule has 0 radical (unpaired) electrons. The van der Waals surface area contributed by atoms with Gasteiger partial charge < -0.3 is 4.90 Å². The number of nitrogens with zero attached hydrogens (tertiary/aromatic N) is 2. The number of carbonyl (C=O) groups excluding carboxylic acids is 1. The minimum absolute atomic E-state index is 0.662. The molecule has 17 heavy (non-hydrogen) atoms. The van der Waals surface area contributed by atoms with Crippen LogP contribution in [0.3, 0.4) is 0 Å². The van der Waals surface area contributed by atoms with Gasteiger partial charge in [0, 0.05) is 12.2 Å². The Morgan fingerprint density at radius 2 is 2.00 bits per heavy atom. The number of hydrogen-bond acceptors (Lipinski definition) is 2. The smallest absolute Gasteiger partial charge is 0.215 e. The zero-order valence-electron chi connectivity index (χ0n) is 9.76. The maximum Gasteiger partial charge on any atom is 0.215 e. The molecular weight excluding hydrogens is 212 g/mol. The van der Waals surface area contributed by atoms with Gasteiger partial charge in [0.05, 0.1) is 6.67 Å². The quantitative estimate of drug-likeness (QED) is 0.696. The third kappa shape index (κ3) is 1.59. The molecule has 1 amide bonds. The fourth-order valence-corrected chi connectivity index (χ4v) is 2.51. The zero-order chi connectivity index (χ0) is 11.8. The predicted molar refractivity (Wildman–Crippen MR) is 68.8 cm³/mol. The molecule has 0 aromatic heterocycles. The Balaban J connectivity index is 2.28. The number of benzene rings is 2. The van der Waals surface area contributed by atoms with Gasteiger partial charge in [0.25, 0.3) is 0 Å². The monoisotopic (exact) mass is 226 g/mol. The van der Waals surface area contributed by atoms with Crippen molar-refractivity contribution in [1.29, 1.82) is 0 Å². The first-order valence-electron chi connectivity index (χ1n) is 5.70. The average molecular weight is 226 g/mol. The lowest BCUT2D eigenvalue weighted by molar-refractivity contribution is -0.108. The Kier molecular flexibility index (Phi) is 2.34. The molecule has 0 N–H and O–H groups in total. The van der Waals surface area contributed by atoms with Gasteiger partial charge in [0.2, 0.25) is 6.41 Å². The van der Waals surface area contributed by atoms with Gasteiger partial charge in [-0.1, -0.05) is 30.3 Å². The van der Waals surface area contributed by atoms with Crippen LogP contribution < -0.4 is 4.90 Å². The van der Waals surface area contributed by atoms with Crippen molar-refractivity contribution in [3.05, 3.63) is 42.0 Å². The molecular formula is C14H14N2O. The molecule has 0 spiro atoms. The molecule has 0 bridgehead atoms. The minimum atomic E-state index is 0.662. The molecule has 2 aromatic rings. The van der Waals surface area contributed by atoms with Gasteiger partial charge in [0.1, 0.15) is 0 Å². The van der Waals surface area contributed by atoms with Crippen LogP contribution in [0.1, 0.15) is 5.56 Å². The second-order valence-electron chi connectivity index (χ2n) is 4.52. The Morgan fingerprint density at radius 1 is 1.18 bits per heavy atom. The molecule has 86 valence electrons. The third-order valence-electron chi connectivity index (χ3n) is 3.27. The largest absolute Gasteiger partial charge is 0.301 e. The van der Waals surface area contributed by atoms with Crippen LogP contribution in [0.5, 0.6) is 0 Å². The molecule has 1 heterocycles. The first kappa shape index (κ1) is 10.3. The summed E-state index contributed by atoms with van der Waals surface area (Å²) in [7, 11) is 2.03. The lowest BCUT2D eigenvalue weighted by atomic mass is 10.0. The van der Waals surface area contributed by atoms with E-state index in [1.54, 1.807) is 4.90 Å². The van der Waals surface area contributed by atoms with Crippen LogP contribution in [0.4, 0.5) is 5.69 Å². The summed E-state index contributed by atoms with van der Waals surface area (Å²) < 4.78 is 0. The zero-order valence-corrected chi connectivity index (χ0v) is 9.76. The molecule has 0 fully saturated rings. The third-order valence-corrected chi connectivity index (χ3v) is 3.27. The van der Waals surface area contributed by atoms with Crippen molar-refractivity contribution >= 4 is 22.9 Å². The summed E-state index contributed by atoms with van der Waals surface area (Å²) in [4.78, 5) is 15.0. The molecule has 0 aliphatic carbocycles. The summed E-state index contributed by atoms with van der Waals surface area (Å²) in [6.07, 6.45) is 0.906. The molecule has 1 aliphatic rings. The fraction of sp³-hybridized carbons (Fsp3) is 0.214. The first-order valence-corrected chi connectivity index (χ1v) is 5.70. The second-order valence-corrected chi connectivity index (χ2v) is 4.52. The van der Waals surface area contributed by atoms with Crippen molar-refractivity contribution < 1.29 is 4.79 Å². The van der Waals surface area contributed by atoms with E-state index in [2.05, 4.69) is 23.1 Å². The van der Waals surface area contributed by atoms with Gasteiger partial charge in [-0.3, -0.25) is 9.69 Å². The molecule has 0 saturated heterocycles. The number of anilines is 1. The van der Waals surface area contributed by atoms with E-state index in [9.17, 15) is 4.79 Å². The number of hydrogen-bond donors (Lipinski definition) is 0. The average Bonchev–Trinajstić information content (AvgIpc) is 2.37. The maximum atomic E-state index is 11.1. The minimum Gasteiger partial charge on any atom is -0.301 e. The van der Waals surface area contributed by atoms with Gasteiger partial charge in [-0.05, 0) is 29.4 Å². The molecule has 3 heteroatoms. The van der Waals surface area contributed by atoms with Crippen LogP contribution in [0.15, 0.2) is 36.4 Å². The van der Waals surface area contributed by atoms with Crippen LogP contribution in [-0.4, -0.2) is 25.0 Å². The van der Waals surface area contributed by atoms with E-state index in [0.29, 0.717) is 6.67 Å². The van der Waals surface area contributed by atoms with Crippen LogP contribution in [0.25, 0.3) is 10.8 Å². The number of fused-ring (bicyclic) bond motifs is 3. The standard InChI is InChI=1S/C14H14N2O/c1-15-8-13-12-5-3-2-4-11(12)6-7-14(13)16(9-15)10-17/h2-7,10H,8-9H2,1H3. The molecule has 3 nitrogen and oxygen atoms in total. The van der Waals surface area contributed by atoms with Crippen LogP contribution in [0.2, 0.25) is 0 Å². The summed E-state index contributed by atoms with van der Waals surface area (Å²) in [5, 5.41) is 2.47. The highest BCUT2D eigenvalue weighted by molar-refractivity contribution is 5.93. The molecule has 2 aromatic carbocycles. The highest BCUT2D eigenvalue weighted by Crippen LogP contribution is 2.32. The van der Waals surface area contributed by atoms with Crippen LogP contribution >= 0.6 is 0 Å². The highest BCUT2D eigenvalue weighted by atomic mass is 16.1. The van der Waals surface area contributed by atoms with E-state index in [1.165, 1.54) is 16.3 Å². The van der Waals surface area contributed by atoms with E-state index in [1.807, 2.05) is 25.2 Å². The lowest BCUT2D eigenvalue weighted by Gasteiger charge is -2.33. The fourth-order valence-electron chi connectivity index (χ4n) is 2.51. The highest BCUT2D eigenvalue weighted by Gasteiger charge is 2.21. The van der Waals surface area contributed by atoms with E-state index >= 15 is 0 Å². The van der Waals surface area contributed by atoms with Crippen LogP contribution in [0, 0.1) is 0 Å². The van der Waals surface area contributed by atoms with Crippen molar-refractivity contribution in [1.82, 2.24) is 4.90 Å². The molecule has 3 rings (SSSR count). The molecule has 0 unspecified atom stereocenters. The molecule has 1 aliphatic heterocycles. The van der Waals surface area contributed by atoms with Gasteiger partial charge in [0.15, 0.2) is 0 Å². The van der Waals surface area contributed by atoms with Gasteiger partial charge in [-0.2, -0.15) is 0 Å². The summed E-state index contributed by atoms with van der Waals surface area (Å²) in [6, 6.07) is 12.4. The Bertz CT molecular complexity index is 579. The summed E-state index contributed by atoms with van der Waals surface area (Å²) in [6.45, 7) is 1.55. The number of rotatable bonds is 1. The SMILES string of the molecule is CN1Cc2c(ccc3ccccc23)N(C=O)C1. The van der Waals surface area contributed by atoms with Gasteiger partial charge in [-0.25, -0.2) is 0 Å². The Morgan fingerprint density at radius 3 is 2.82 bits per heavy atom. The van der Waals surface area contributed by atoms with E-state index in [-0.39, 0.29) is 0 Å². The Labute approximate surface area is 100 Å². The number of carbonyl (C=O) groups is 1. The summed E-state index contributed by atoms with van der Waals surface area (Å²) >= 11 is 0. The van der Waals surface area contributed by atoms with Crippen molar-refractivity contribution in [3.8, 4) is 0 Å². The van der Waals surface area contributed by atoms with Crippen molar-refractivity contribution in [3.63, 3.8) is 0 Å². The van der Waals surface area contributed by atoms with Crippen molar-refractivity contribution in [2.24, 2.45) is 0 Å². The summed E-state index contributed by atoms with van der Waals surface area (Å²) in [5.41, 5.74) is 2.28.